The maximum Gasteiger partial charge on any atom is 0.416 e. The minimum absolute atomic E-state index is 0.175. The Morgan fingerprint density at radius 2 is 1.50 bits per heavy atom. The predicted octanol–water partition coefficient (Wildman–Crippen LogP) is 4.05. The van der Waals surface area contributed by atoms with E-state index < -0.39 is 17.3 Å². The molecule has 1 N–H and O–H groups in total. The maximum atomic E-state index is 13.0. The molecule has 38 heavy (non-hydrogen) atoms. The third kappa shape index (κ3) is 4.25. The van der Waals surface area contributed by atoms with Crippen molar-refractivity contribution in [1.29, 1.82) is 0 Å². The summed E-state index contributed by atoms with van der Waals surface area (Å²) in [6.45, 7) is 0. The fraction of sp³-hybridized carbons (Fsp3) is 0.240. The first kappa shape index (κ1) is 25.6. The zero-order valence-electron chi connectivity index (χ0n) is 20.4. The number of ether oxygens (including phenoxy) is 1. The average molecular weight is 544 g/mol. The van der Waals surface area contributed by atoms with Gasteiger partial charge in [0.05, 0.1) is 35.6 Å². The number of aromatic nitrogens is 7. The van der Waals surface area contributed by atoms with Crippen molar-refractivity contribution in [1.82, 2.24) is 35.0 Å². The Bertz CT molecular complexity index is 1590. The summed E-state index contributed by atoms with van der Waals surface area (Å²) in [5.74, 6) is 0.247. The number of pyridine rings is 1. The Labute approximate surface area is 219 Å². The third-order valence-corrected chi connectivity index (χ3v) is 6.85. The van der Waals surface area contributed by atoms with Crippen molar-refractivity contribution in [2.45, 2.75) is 18.2 Å². The van der Waals surface area contributed by atoms with Crippen LogP contribution in [0.4, 0.5) is 13.2 Å². The molecular weight excluding hydrogens is 523 g/mol. The van der Waals surface area contributed by atoms with Crippen molar-refractivity contribution in [3.05, 3.63) is 93.5 Å². The molecule has 196 valence electrons. The molecule has 0 unspecified atom stereocenters. The van der Waals surface area contributed by atoms with Gasteiger partial charge in [0.15, 0.2) is 5.60 Å². The normalized spacial score (nSPS) is 12.3. The molecule has 0 spiro atoms. The van der Waals surface area contributed by atoms with Gasteiger partial charge in [-0.25, -0.2) is 14.3 Å². The van der Waals surface area contributed by atoms with Crippen molar-refractivity contribution in [2.75, 3.05) is 7.11 Å². The molecule has 5 aromatic rings. The highest BCUT2D eigenvalue weighted by Crippen LogP contribution is 2.40. The lowest BCUT2D eigenvalue weighted by Crippen LogP contribution is -2.33. The Morgan fingerprint density at radius 3 is 2.00 bits per heavy atom. The number of fused-ring (bicyclic) bond motifs is 1. The Balaban J connectivity index is 1.66. The molecule has 0 aliphatic rings. The lowest BCUT2D eigenvalue weighted by molar-refractivity contribution is -0.137. The lowest BCUT2D eigenvalue weighted by Gasteiger charge is -2.28. The van der Waals surface area contributed by atoms with Gasteiger partial charge in [0, 0.05) is 31.5 Å². The van der Waals surface area contributed by atoms with Gasteiger partial charge in [-0.15, -0.1) is 10.2 Å². The molecule has 13 heteroatoms. The highest BCUT2D eigenvalue weighted by atomic mass is 35.5. The van der Waals surface area contributed by atoms with E-state index in [-0.39, 0.29) is 12.3 Å². The molecule has 0 aliphatic heterocycles. The van der Waals surface area contributed by atoms with E-state index in [1.165, 1.54) is 41.0 Å². The van der Waals surface area contributed by atoms with Gasteiger partial charge in [0.1, 0.15) is 11.4 Å². The highest BCUT2D eigenvalue weighted by Gasteiger charge is 2.40. The fourth-order valence-corrected chi connectivity index (χ4v) is 4.77. The van der Waals surface area contributed by atoms with Crippen LogP contribution in [0.2, 0.25) is 5.02 Å². The molecule has 9 nitrogen and oxygen atoms in total. The number of halogens is 4. The molecule has 0 atom stereocenters. The summed E-state index contributed by atoms with van der Waals surface area (Å²) >= 11 is 6.87. The second kappa shape index (κ2) is 9.37. The SMILES string of the molecule is COc1nc2ccc(C(O)(c3cnnn3C)c3cnnn3C)cc2c(Cl)c1Cc1ccc(C(F)(F)F)cc1. The van der Waals surface area contributed by atoms with Crippen LogP contribution in [-0.4, -0.2) is 47.2 Å². The first-order chi connectivity index (χ1) is 18.0. The van der Waals surface area contributed by atoms with Crippen molar-refractivity contribution in [3.8, 4) is 5.88 Å². The van der Waals surface area contributed by atoms with Crippen LogP contribution in [-0.2, 0) is 32.3 Å². The second-order valence-corrected chi connectivity index (χ2v) is 9.09. The number of hydrogen-bond donors (Lipinski definition) is 1. The Morgan fingerprint density at radius 1 is 0.921 bits per heavy atom. The van der Waals surface area contributed by atoms with Crippen LogP contribution >= 0.6 is 11.6 Å². The monoisotopic (exact) mass is 543 g/mol. The standard InChI is InChI=1S/C25H21ClF3N7O2/c1-35-20(12-30-33-35)24(37,21-13-31-34-36(21)2)16-8-9-19-17(11-16)22(26)18(23(32-19)38-3)10-14-4-6-15(7-5-14)25(27,28)29/h4-9,11-13,37H,10H2,1-3H3. The fourth-order valence-electron chi connectivity index (χ4n) is 4.47. The molecule has 0 radical (unpaired) electrons. The van der Waals surface area contributed by atoms with E-state index in [4.69, 9.17) is 16.3 Å². The van der Waals surface area contributed by atoms with Crippen LogP contribution in [0.15, 0.2) is 54.9 Å². The van der Waals surface area contributed by atoms with Gasteiger partial charge < -0.3 is 9.84 Å². The van der Waals surface area contributed by atoms with Crippen molar-refractivity contribution in [2.24, 2.45) is 14.1 Å². The summed E-state index contributed by atoms with van der Waals surface area (Å²) in [7, 11) is 4.75. The molecule has 3 aromatic heterocycles. The summed E-state index contributed by atoms with van der Waals surface area (Å²) in [4.78, 5) is 4.56. The van der Waals surface area contributed by atoms with Gasteiger partial charge in [0.25, 0.3) is 0 Å². The van der Waals surface area contributed by atoms with Gasteiger partial charge in [0.2, 0.25) is 5.88 Å². The van der Waals surface area contributed by atoms with E-state index >= 15 is 0 Å². The maximum absolute atomic E-state index is 13.0. The number of aliphatic hydroxyl groups is 1. The summed E-state index contributed by atoms with van der Waals surface area (Å²) in [6.07, 6.45) is -1.37. The quantitative estimate of drug-likeness (QED) is 0.344. The zero-order chi connectivity index (χ0) is 27.2. The Hall–Kier alpha value is -4.03. The summed E-state index contributed by atoms with van der Waals surface area (Å²) in [5.41, 5.74) is 0.251. The average Bonchev–Trinajstić information content (AvgIpc) is 3.53. The van der Waals surface area contributed by atoms with Gasteiger partial charge in [-0.05, 0) is 35.4 Å². The van der Waals surface area contributed by atoms with E-state index in [0.717, 1.165) is 12.1 Å². The number of methoxy groups -OCH3 is 1. The lowest BCUT2D eigenvalue weighted by atomic mass is 9.86. The molecule has 3 heterocycles. The van der Waals surface area contributed by atoms with Gasteiger partial charge in [-0.3, -0.25) is 0 Å². The van der Waals surface area contributed by atoms with Gasteiger partial charge in [-0.2, -0.15) is 13.2 Å². The molecule has 0 saturated carbocycles. The van der Waals surface area contributed by atoms with Crippen LogP contribution in [0.3, 0.4) is 0 Å². The zero-order valence-corrected chi connectivity index (χ0v) is 21.2. The Kier molecular flexibility index (Phi) is 6.32. The van der Waals surface area contributed by atoms with Crippen molar-refractivity contribution < 1.29 is 23.0 Å². The van der Waals surface area contributed by atoms with E-state index in [1.54, 1.807) is 32.3 Å². The van der Waals surface area contributed by atoms with Crippen LogP contribution in [0.25, 0.3) is 10.9 Å². The summed E-state index contributed by atoms with van der Waals surface area (Å²) in [5, 5.41) is 28.7. The molecule has 0 aliphatic carbocycles. The topological polar surface area (TPSA) is 104 Å². The molecule has 2 aromatic carbocycles. The van der Waals surface area contributed by atoms with Crippen LogP contribution < -0.4 is 4.74 Å². The minimum Gasteiger partial charge on any atom is -0.481 e. The summed E-state index contributed by atoms with van der Waals surface area (Å²) < 4.78 is 47.4. The first-order valence-corrected chi connectivity index (χ1v) is 11.7. The minimum atomic E-state index is -4.43. The smallest absolute Gasteiger partial charge is 0.416 e. The van der Waals surface area contributed by atoms with E-state index in [1.807, 2.05) is 0 Å². The first-order valence-electron chi connectivity index (χ1n) is 11.3. The largest absolute Gasteiger partial charge is 0.481 e. The van der Waals surface area contributed by atoms with E-state index in [0.29, 0.717) is 44.0 Å². The van der Waals surface area contributed by atoms with Crippen LogP contribution in [0, 0.1) is 0 Å². The van der Waals surface area contributed by atoms with Gasteiger partial charge in [-0.1, -0.05) is 40.2 Å². The van der Waals surface area contributed by atoms with Gasteiger partial charge >= 0.3 is 6.18 Å². The predicted molar refractivity (Wildman–Crippen MR) is 132 cm³/mol. The molecule has 0 bridgehead atoms. The second-order valence-electron chi connectivity index (χ2n) is 8.71. The van der Waals surface area contributed by atoms with Crippen LogP contribution in [0.1, 0.15) is 33.6 Å². The number of nitrogens with zero attached hydrogens (tertiary/aromatic N) is 7. The summed E-state index contributed by atoms with van der Waals surface area (Å²) in [6, 6.07) is 9.91. The molecule has 5 rings (SSSR count). The molecule has 0 fully saturated rings. The van der Waals surface area contributed by atoms with Crippen LogP contribution in [0.5, 0.6) is 5.88 Å². The number of aryl methyl sites for hydroxylation is 2. The van der Waals surface area contributed by atoms with E-state index in [2.05, 4.69) is 25.6 Å². The number of benzene rings is 2. The number of hydrogen-bond acceptors (Lipinski definition) is 7. The van der Waals surface area contributed by atoms with E-state index in [9.17, 15) is 18.3 Å². The number of rotatable bonds is 6. The highest BCUT2D eigenvalue weighted by molar-refractivity contribution is 6.36. The van der Waals surface area contributed by atoms with Crippen molar-refractivity contribution >= 4 is 22.5 Å². The third-order valence-electron chi connectivity index (χ3n) is 6.42. The molecule has 0 amide bonds. The molecular formula is C25H21ClF3N7O2. The number of alkyl halides is 3. The van der Waals surface area contributed by atoms with Crippen molar-refractivity contribution in [3.63, 3.8) is 0 Å². The molecule has 0 saturated heterocycles.